The molecule has 180 valence electrons. The number of benzene rings is 2. The molecule has 0 aliphatic carbocycles. The molecule has 1 aliphatic heterocycles. The molecular formula is C26H29NO7. The van der Waals surface area contributed by atoms with Crippen molar-refractivity contribution >= 4 is 16.9 Å². The summed E-state index contributed by atoms with van der Waals surface area (Å²) in [5.41, 5.74) is 0.480. The summed E-state index contributed by atoms with van der Waals surface area (Å²) >= 11 is 0. The Bertz CT molecular complexity index is 1250. The molecule has 2 aromatic carbocycles. The van der Waals surface area contributed by atoms with Gasteiger partial charge in [0.25, 0.3) is 0 Å². The predicted molar refractivity (Wildman–Crippen MR) is 127 cm³/mol. The van der Waals surface area contributed by atoms with Gasteiger partial charge in [-0.05, 0) is 57.5 Å². The van der Waals surface area contributed by atoms with Gasteiger partial charge >= 0.3 is 5.97 Å². The van der Waals surface area contributed by atoms with E-state index in [2.05, 4.69) is 4.90 Å². The van der Waals surface area contributed by atoms with Crippen molar-refractivity contribution in [2.45, 2.75) is 33.2 Å². The molecule has 0 bridgehead atoms. The van der Waals surface area contributed by atoms with Gasteiger partial charge in [0.15, 0.2) is 11.5 Å². The van der Waals surface area contributed by atoms with Crippen LogP contribution in [-0.4, -0.2) is 42.8 Å². The van der Waals surface area contributed by atoms with Crippen molar-refractivity contribution in [3.8, 4) is 23.0 Å². The Morgan fingerprint density at radius 1 is 1.21 bits per heavy atom. The Kier molecular flexibility index (Phi) is 7.07. The zero-order valence-electron chi connectivity index (χ0n) is 19.6. The first-order chi connectivity index (χ1) is 16.4. The molecule has 8 heteroatoms. The van der Waals surface area contributed by atoms with Crippen LogP contribution in [0.3, 0.4) is 0 Å². The Balaban J connectivity index is 1.67. The zero-order chi connectivity index (χ0) is 24.2. The molecule has 0 saturated carbocycles. The monoisotopic (exact) mass is 467 g/mol. The van der Waals surface area contributed by atoms with Crippen LogP contribution in [0.4, 0.5) is 0 Å². The summed E-state index contributed by atoms with van der Waals surface area (Å²) in [6, 6.07) is 10.1. The first-order valence-electron chi connectivity index (χ1n) is 11.4. The second-order valence-corrected chi connectivity index (χ2v) is 8.34. The molecule has 1 atom stereocenters. The Morgan fingerprint density at radius 2 is 1.97 bits per heavy atom. The van der Waals surface area contributed by atoms with Crippen molar-refractivity contribution in [2.75, 3.05) is 26.8 Å². The summed E-state index contributed by atoms with van der Waals surface area (Å²) in [6.45, 7) is 5.42. The van der Waals surface area contributed by atoms with Gasteiger partial charge in [-0.2, -0.15) is 0 Å². The van der Waals surface area contributed by atoms with Gasteiger partial charge in [0.1, 0.15) is 17.1 Å². The number of esters is 1. The molecule has 4 rings (SSSR count). The van der Waals surface area contributed by atoms with Crippen molar-refractivity contribution < 1.29 is 28.5 Å². The highest BCUT2D eigenvalue weighted by molar-refractivity contribution is 5.83. The maximum atomic E-state index is 13.3. The van der Waals surface area contributed by atoms with Gasteiger partial charge in [0.2, 0.25) is 11.2 Å². The van der Waals surface area contributed by atoms with Crippen LogP contribution in [0.15, 0.2) is 45.6 Å². The molecule has 0 amide bonds. The Morgan fingerprint density at radius 3 is 2.71 bits per heavy atom. The molecule has 1 aliphatic rings. The molecular weight excluding hydrogens is 438 g/mol. The minimum Gasteiger partial charge on any atom is -0.507 e. The van der Waals surface area contributed by atoms with E-state index in [1.165, 1.54) is 19.2 Å². The first kappa shape index (κ1) is 23.6. The number of phenolic OH excluding ortho intramolecular Hbond substituents is 1. The number of rotatable bonds is 7. The van der Waals surface area contributed by atoms with Crippen LogP contribution in [0.2, 0.25) is 0 Å². The van der Waals surface area contributed by atoms with E-state index in [0.29, 0.717) is 53.5 Å². The fourth-order valence-electron chi connectivity index (χ4n) is 4.35. The summed E-state index contributed by atoms with van der Waals surface area (Å²) in [5.74, 6) is 0.875. The number of carbonyl (C=O) groups excluding carboxylic acids is 1. The van der Waals surface area contributed by atoms with Gasteiger partial charge in [0, 0.05) is 13.1 Å². The lowest BCUT2D eigenvalue weighted by molar-refractivity contribution is -0.150. The second kappa shape index (κ2) is 10.2. The number of phenols is 1. The molecule has 1 saturated heterocycles. The van der Waals surface area contributed by atoms with E-state index < -0.39 is 0 Å². The highest BCUT2D eigenvalue weighted by Gasteiger charge is 2.28. The second-order valence-electron chi connectivity index (χ2n) is 8.34. The number of aryl methyl sites for hydroxylation is 1. The SMILES string of the molecule is CCOC(=O)C1CCCN(Cc2c(O)ccc3c(=O)c(Oc4ccccc4OC)c(C)oc23)C1. The summed E-state index contributed by atoms with van der Waals surface area (Å²) < 4.78 is 22.4. The Labute approximate surface area is 197 Å². The predicted octanol–water partition coefficient (Wildman–Crippen LogP) is 4.38. The fraction of sp³-hybridized carbons (Fsp3) is 0.385. The average molecular weight is 468 g/mol. The third-order valence-corrected chi connectivity index (χ3v) is 6.05. The summed E-state index contributed by atoms with van der Waals surface area (Å²) in [5, 5.41) is 10.9. The number of aromatic hydroxyl groups is 1. The van der Waals surface area contributed by atoms with Crippen molar-refractivity contribution in [3.63, 3.8) is 0 Å². The van der Waals surface area contributed by atoms with Crippen molar-refractivity contribution in [1.82, 2.24) is 4.90 Å². The summed E-state index contributed by atoms with van der Waals surface area (Å²) in [6.07, 6.45) is 1.61. The van der Waals surface area contributed by atoms with Gasteiger partial charge in [-0.15, -0.1) is 0 Å². The third-order valence-electron chi connectivity index (χ3n) is 6.05. The van der Waals surface area contributed by atoms with E-state index in [1.807, 2.05) is 6.07 Å². The number of nitrogens with zero attached hydrogens (tertiary/aromatic N) is 1. The molecule has 1 aromatic heterocycles. The van der Waals surface area contributed by atoms with Crippen LogP contribution in [0.1, 0.15) is 31.1 Å². The maximum Gasteiger partial charge on any atom is 0.310 e. The van der Waals surface area contributed by atoms with Gasteiger partial charge in [-0.25, -0.2) is 0 Å². The number of methoxy groups -OCH3 is 1. The third kappa shape index (κ3) is 4.72. The Hall–Kier alpha value is -3.52. The molecule has 2 heterocycles. The topological polar surface area (TPSA) is 98.4 Å². The molecule has 0 spiro atoms. The molecule has 1 N–H and O–H groups in total. The van der Waals surface area contributed by atoms with Crippen LogP contribution >= 0.6 is 0 Å². The van der Waals surface area contributed by atoms with Gasteiger partial charge in [-0.1, -0.05) is 12.1 Å². The van der Waals surface area contributed by atoms with E-state index in [0.717, 1.165) is 19.4 Å². The van der Waals surface area contributed by atoms with Crippen LogP contribution in [0.5, 0.6) is 23.0 Å². The lowest BCUT2D eigenvalue weighted by atomic mass is 9.97. The van der Waals surface area contributed by atoms with Gasteiger partial charge < -0.3 is 23.7 Å². The number of likely N-dealkylation sites (tertiary alicyclic amines) is 1. The average Bonchev–Trinajstić information content (AvgIpc) is 2.84. The highest BCUT2D eigenvalue weighted by atomic mass is 16.5. The van der Waals surface area contributed by atoms with E-state index in [4.69, 9.17) is 18.6 Å². The van der Waals surface area contributed by atoms with Crippen molar-refractivity contribution in [2.24, 2.45) is 5.92 Å². The summed E-state index contributed by atoms with van der Waals surface area (Å²) in [4.78, 5) is 27.6. The molecule has 8 nitrogen and oxygen atoms in total. The standard InChI is InChI=1S/C26H29NO7/c1-4-32-26(30)17-8-7-13-27(14-17)15-19-20(28)12-11-18-23(29)24(16(2)33-25(18)19)34-22-10-6-5-9-21(22)31-3/h5-6,9-12,17,28H,4,7-8,13-15H2,1-3H3. The minimum absolute atomic E-state index is 0.0340. The van der Waals surface area contributed by atoms with Crippen LogP contribution in [0, 0.1) is 12.8 Å². The van der Waals surface area contributed by atoms with E-state index >= 15 is 0 Å². The number of piperidine rings is 1. The van der Waals surface area contributed by atoms with E-state index in [1.54, 1.807) is 32.0 Å². The number of para-hydroxylation sites is 2. The molecule has 1 fully saturated rings. The van der Waals surface area contributed by atoms with Gasteiger partial charge in [0.05, 0.1) is 30.6 Å². The minimum atomic E-state index is -0.339. The lowest BCUT2D eigenvalue weighted by Gasteiger charge is -2.31. The van der Waals surface area contributed by atoms with Crippen LogP contribution in [0.25, 0.3) is 11.0 Å². The van der Waals surface area contributed by atoms with E-state index in [9.17, 15) is 14.7 Å². The van der Waals surface area contributed by atoms with Gasteiger partial charge in [-0.3, -0.25) is 14.5 Å². The maximum absolute atomic E-state index is 13.3. The smallest absolute Gasteiger partial charge is 0.310 e. The fourth-order valence-corrected chi connectivity index (χ4v) is 4.35. The first-order valence-corrected chi connectivity index (χ1v) is 11.4. The largest absolute Gasteiger partial charge is 0.507 e. The highest BCUT2D eigenvalue weighted by Crippen LogP contribution is 2.35. The number of fused-ring (bicyclic) bond motifs is 1. The van der Waals surface area contributed by atoms with Crippen molar-refractivity contribution in [3.05, 3.63) is 57.9 Å². The quantitative estimate of drug-likeness (QED) is 0.511. The number of carbonyl (C=O) groups is 1. The molecule has 3 aromatic rings. The van der Waals surface area contributed by atoms with E-state index in [-0.39, 0.29) is 28.8 Å². The van der Waals surface area contributed by atoms with Crippen LogP contribution < -0.4 is 14.9 Å². The number of hydrogen-bond acceptors (Lipinski definition) is 8. The zero-order valence-corrected chi connectivity index (χ0v) is 19.6. The molecule has 0 radical (unpaired) electrons. The van der Waals surface area contributed by atoms with Crippen LogP contribution in [-0.2, 0) is 16.1 Å². The number of ether oxygens (including phenoxy) is 3. The molecule has 34 heavy (non-hydrogen) atoms. The normalized spacial score (nSPS) is 16.4. The number of hydrogen-bond donors (Lipinski definition) is 1. The lowest BCUT2D eigenvalue weighted by Crippen LogP contribution is -2.39. The van der Waals surface area contributed by atoms with Crippen molar-refractivity contribution in [1.29, 1.82) is 0 Å². The molecule has 1 unspecified atom stereocenters. The summed E-state index contributed by atoms with van der Waals surface area (Å²) in [7, 11) is 1.53.